The van der Waals surface area contributed by atoms with Crippen LogP contribution in [0.1, 0.15) is 59.8 Å². The number of anilines is 1. The molecule has 1 aromatic heterocycles. The molecular formula is C15H28N4O. The van der Waals surface area contributed by atoms with Gasteiger partial charge in [0, 0.05) is 18.6 Å². The molecule has 5 nitrogen and oxygen atoms in total. The van der Waals surface area contributed by atoms with Crippen molar-refractivity contribution < 1.29 is 4.42 Å². The Labute approximate surface area is 122 Å². The fourth-order valence-electron chi connectivity index (χ4n) is 2.40. The Morgan fingerprint density at radius 1 is 1.20 bits per heavy atom. The number of hydrogen-bond donors (Lipinski definition) is 1. The summed E-state index contributed by atoms with van der Waals surface area (Å²) in [4.78, 5) is 2.22. The lowest BCUT2D eigenvalue weighted by Crippen LogP contribution is -2.35. The highest BCUT2D eigenvalue weighted by molar-refractivity contribution is 5.24. The molecule has 0 saturated carbocycles. The maximum atomic E-state index is 5.78. The highest BCUT2D eigenvalue weighted by Crippen LogP contribution is 2.31. The molecule has 0 amide bonds. The fraction of sp³-hybridized carbons (Fsp3) is 0.867. The number of hydrogen-bond acceptors (Lipinski definition) is 5. The van der Waals surface area contributed by atoms with Gasteiger partial charge in [-0.3, -0.25) is 0 Å². The summed E-state index contributed by atoms with van der Waals surface area (Å²) >= 11 is 0. The summed E-state index contributed by atoms with van der Waals surface area (Å²) in [5.74, 6) is 0.665. The topological polar surface area (TPSA) is 54.2 Å². The van der Waals surface area contributed by atoms with Gasteiger partial charge in [0.25, 0.3) is 0 Å². The zero-order valence-corrected chi connectivity index (χ0v) is 13.5. The van der Waals surface area contributed by atoms with E-state index in [-0.39, 0.29) is 5.54 Å². The predicted octanol–water partition coefficient (Wildman–Crippen LogP) is 2.97. The van der Waals surface area contributed by atoms with Crippen molar-refractivity contribution in [1.29, 1.82) is 0 Å². The highest BCUT2D eigenvalue weighted by atomic mass is 16.4. The van der Waals surface area contributed by atoms with E-state index in [1.165, 1.54) is 19.3 Å². The lowest BCUT2D eigenvalue weighted by Gasteiger charge is -2.22. The number of aromatic nitrogens is 2. The standard InChI is InChI=1S/C15H28N4O/c1-14(2,3)16-11-12-17-18-13(20-12)19-9-6-7-15(4,5)8-10-19/h16H,6-11H2,1-5H3. The molecule has 1 fully saturated rings. The van der Waals surface area contributed by atoms with Crippen LogP contribution >= 0.6 is 0 Å². The lowest BCUT2D eigenvalue weighted by atomic mass is 9.85. The largest absolute Gasteiger partial charge is 0.407 e. The number of nitrogens with zero attached hydrogens (tertiary/aromatic N) is 3. The van der Waals surface area contributed by atoms with E-state index in [9.17, 15) is 0 Å². The van der Waals surface area contributed by atoms with Gasteiger partial charge in [-0.25, -0.2) is 0 Å². The molecule has 0 aliphatic carbocycles. The highest BCUT2D eigenvalue weighted by Gasteiger charge is 2.25. The smallest absolute Gasteiger partial charge is 0.318 e. The maximum Gasteiger partial charge on any atom is 0.318 e. The molecule has 0 radical (unpaired) electrons. The SMILES string of the molecule is CC1(C)CCCN(c2nnc(CNC(C)(C)C)o2)CC1. The van der Waals surface area contributed by atoms with E-state index in [1.807, 2.05) is 0 Å². The summed E-state index contributed by atoms with van der Waals surface area (Å²) in [7, 11) is 0. The monoisotopic (exact) mass is 280 g/mol. The average molecular weight is 280 g/mol. The van der Waals surface area contributed by atoms with Crippen LogP contribution in [-0.4, -0.2) is 28.8 Å². The summed E-state index contributed by atoms with van der Waals surface area (Å²) < 4.78 is 5.78. The van der Waals surface area contributed by atoms with Gasteiger partial charge in [0.15, 0.2) is 0 Å². The van der Waals surface area contributed by atoms with Gasteiger partial charge in [0.05, 0.1) is 6.54 Å². The van der Waals surface area contributed by atoms with E-state index in [2.05, 4.69) is 55.0 Å². The van der Waals surface area contributed by atoms with Crippen LogP contribution in [0, 0.1) is 5.41 Å². The number of rotatable bonds is 3. The van der Waals surface area contributed by atoms with E-state index in [0.29, 0.717) is 23.9 Å². The van der Waals surface area contributed by atoms with Crippen LogP contribution < -0.4 is 10.2 Å². The number of nitrogens with one attached hydrogen (secondary N) is 1. The molecule has 1 saturated heterocycles. The summed E-state index contributed by atoms with van der Waals surface area (Å²) in [5, 5.41) is 11.7. The lowest BCUT2D eigenvalue weighted by molar-refractivity contribution is 0.324. The molecule has 1 aliphatic heterocycles. The molecule has 20 heavy (non-hydrogen) atoms. The van der Waals surface area contributed by atoms with E-state index < -0.39 is 0 Å². The molecule has 2 rings (SSSR count). The predicted molar refractivity (Wildman–Crippen MR) is 80.7 cm³/mol. The van der Waals surface area contributed by atoms with Crippen molar-refractivity contribution >= 4 is 6.01 Å². The second-order valence-corrected chi connectivity index (χ2v) is 7.59. The Kier molecular flexibility index (Phi) is 4.37. The minimum Gasteiger partial charge on any atom is -0.407 e. The molecule has 5 heteroatoms. The minimum atomic E-state index is 0.0568. The van der Waals surface area contributed by atoms with Gasteiger partial charge in [-0.15, -0.1) is 5.10 Å². The first-order valence-corrected chi connectivity index (χ1v) is 7.58. The third-order valence-corrected chi connectivity index (χ3v) is 3.84. The quantitative estimate of drug-likeness (QED) is 0.922. The van der Waals surface area contributed by atoms with Gasteiger partial charge in [0.1, 0.15) is 0 Å². The average Bonchev–Trinajstić information content (AvgIpc) is 2.71. The molecule has 1 N–H and O–H groups in total. The zero-order valence-electron chi connectivity index (χ0n) is 13.5. The Morgan fingerprint density at radius 2 is 1.95 bits per heavy atom. The summed E-state index contributed by atoms with van der Waals surface area (Å²) in [6, 6.07) is 0.674. The molecule has 1 aliphatic rings. The third-order valence-electron chi connectivity index (χ3n) is 3.84. The first kappa shape index (κ1) is 15.3. The maximum absolute atomic E-state index is 5.78. The Morgan fingerprint density at radius 3 is 2.65 bits per heavy atom. The molecule has 0 aromatic carbocycles. The first-order valence-electron chi connectivity index (χ1n) is 7.58. The van der Waals surface area contributed by atoms with Crippen molar-refractivity contribution in [2.45, 2.75) is 66.0 Å². The van der Waals surface area contributed by atoms with E-state index in [4.69, 9.17) is 4.42 Å². The van der Waals surface area contributed by atoms with Gasteiger partial charge >= 0.3 is 6.01 Å². The van der Waals surface area contributed by atoms with Crippen LogP contribution in [0.2, 0.25) is 0 Å². The Balaban J connectivity index is 1.95. The van der Waals surface area contributed by atoms with Crippen molar-refractivity contribution in [1.82, 2.24) is 15.5 Å². The van der Waals surface area contributed by atoms with Crippen molar-refractivity contribution in [2.75, 3.05) is 18.0 Å². The molecule has 1 aromatic rings. The van der Waals surface area contributed by atoms with Crippen LogP contribution in [0.15, 0.2) is 4.42 Å². The van der Waals surface area contributed by atoms with E-state index >= 15 is 0 Å². The van der Waals surface area contributed by atoms with Crippen molar-refractivity contribution in [3.8, 4) is 0 Å². The Hall–Kier alpha value is -1.10. The zero-order chi connectivity index (χ0) is 14.8. The van der Waals surface area contributed by atoms with Gasteiger partial charge in [0.2, 0.25) is 5.89 Å². The van der Waals surface area contributed by atoms with Crippen molar-refractivity contribution in [3.05, 3.63) is 5.89 Å². The molecule has 0 unspecified atom stereocenters. The molecule has 0 spiro atoms. The fourth-order valence-corrected chi connectivity index (χ4v) is 2.40. The van der Waals surface area contributed by atoms with Gasteiger partial charge in [-0.1, -0.05) is 18.9 Å². The molecule has 114 valence electrons. The molecular weight excluding hydrogens is 252 g/mol. The second kappa shape index (κ2) is 5.72. The van der Waals surface area contributed by atoms with Crippen molar-refractivity contribution in [2.24, 2.45) is 5.41 Å². The molecule has 2 heterocycles. The summed E-state index contributed by atoms with van der Waals surface area (Å²) in [6.07, 6.45) is 3.62. The van der Waals surface area contributed by atoms with Crippen LogP contribution in [0.4, 0.5) is 6.01 Å². The van der Waals surface area contributed by atoms with Crippen LogP contribution in [0.3, 0.4) is 0 Å². The van der Waals surface area contributed by atoms with E-state index in [1.54, 1.807) is 0 Å². The minimum absolute atomic E-state index is 0.0568. The normalized spacial score (nSPS) is 19.9. The van der Waals surface area contributed by atoms with Crippen LogP contribution in [-0.2, 0) is 6.54 Å². The first-order chi connectivity index (χ1) is 9.25. The summed E-state index contributed by atoms with van der Waals surface area (Å²) in [6.45, 7) is 13.7. The third kappa shape index (κ3) is 4.47. The van der Waals surface area contributed by atoms with Crippen molar-refractivity contribution in [3.63, 3.8) is 0 Å². The Bertz CT molecular complexity index is 433. The summed E-state index contributed by atoms with van der Waals surface area (Å²) in [5.41, 5.74) is 0.479. The van der Waals surface area contributed by atoms with E-state index in [0.717, 1.165) is 13.1 Å². The van der Waals surface area contributed by atoms with Gasteiger partial charge in [-0.05, 0) is 45.4 Å². The van der Waals surface area contributed by atoms with Crippen LogP contribution in [0.25, 0.3) is 0 Å². The van der Waals surface area contributed by atoms with Gasteiger partial charge in [-0.2, -0.15) is 0 Å². The van der Waals surface area contributed by atoms with Gasteiger partial charge < -0.3 is 14.6 Å². The molecule has 0 bridgehead atoms. The van der Waals surface area contributed by atoms with Crippen LogP contribution in [0.5, 0.6) is 0 Å². The second-order valence-electron chi connectivity index (χ2n) is 7.59. The molecule has 0 atom stereocenters.